The van der Waals surface area contributed by atoms with Crippen LogP contribution in [0.5, 0.6) is 11.5 Å². The molecule has 9 heteroatoms. The van der Waals surface area contributed by atoms with Gasteiger partial charge in [0, 0.05) is 12.1 Å². The quantitative estimate of drug-likeness (QED) is 0.681. The highest BCUT2D eigenvalue weighted by atomic mass is 19.1. The molecule has 2 amide bonds. The first-order chi connectivity index (χ1) is 13.9. The standard InChI is InChI=1S/C20H19FN2O6/c1-12(19(25)22-9-13-5-6-16-17(7-13)28-11-27-16)29-18(24)10-23-20(26)14-3-2-4-15(21)8-14/h2-8,12H,9-11H2,1H3,(H,22,25)(H,23,26)/t12-/m0/s1. The number of ether oxygens (including phenoxy) is 3. The number of hydrogen-bond donors (Lipinski definition) is 2. The molecule has 0 bridgehead atoms. The van der Waals surface area contributed by atoms with Gasteiger partial charge in [0.15, 0.2) is 17.6 Å². The predicted molar refractivity (Wildman–Crippen MR) is 98.7 cm³/mol. The van der Waals surface area contributed by atoms with Crippen LogP contribution < -0.4 is 20.1 Å². The van der Waals surface area contributed by atoms with Crippen LogP contribution in [0.3, 0.4) is 0 Å². The third kappa shape index (κ3) is 5.44. The summed E-state index contributed by atoms with van der Waals surface area (Å²) >= 11 is 0. The zero-order chi connectivity index (χ0) is 20.8. The van der Waals surface area contributed by atoms with Crippen molar-refractivity contribution in [3.05, 3.63) is 59.4 Å². The van der Waals surface area contributed by atoms with E-state index < -0.39 is 36.2 Å². The topological polar surface area (TPSA) is 103 Å². The molecular formula is C20H19FN2O6. The number of fused-ring (bicyclic) bond motifs is 1. The summed E-state index contributed by atoms with van der Waals surface area (Å²) in [6, 6.07) is 10.3. The molecule has 1 aliphatic heterocycles. The zero-order valence-electron chi connectivity index (χ0n) is 15.6. The Morgan fingerprint density at radius 1 is 1.10 bits per heavy atom. The second-order valence-corrected chi connectivity index (χ2v) is 6.23. The molecule has 0 radical (unpaired) electrons. The molecule has 0 aliphatic carbocycles. The number of nitrogens with one attached hydrogen (secondary N) is 2. The highest BCUT2D eigenvalue weighted by Crippen LogP contribution is 2.32. The molecule has 1 atom stereocenters. The number of halogens is 1. The minimum atomic E-state index is -1.05. The van der Waals surface area contributed by atoms with Crippen molar-refractivity contribution in [1.29, 1.82) is 0 Å². The van der Waals surface area contributed by atoms with Gasteiger partial charge in [0.05, 0.1) is 0 Å². The molecule has 29 heavy (non-hydrogen) atoms. The van der Waals surface area contributed by atoms with Crippen LogP contribution in [0, 0.1) is 5.82 Å². The molecular weight excluding hydrogens is 383 g/mol. The van der Waals surface area contributed by atoms with Crippen molar-refractivity contribution in [2.24, 2.45) is 0 Å². The van der Waals surface area contributed by atoms with Crippen LogP contribution in [0.15, 0.2) is 42.5 Å². The lowest BCUT2D eigenvalue weighted by atomic mass is 10.2. The Kier molecular flexibility index (Phi) is 6.28. The molecule has 2 N–H and O–H groups in total. The third-order valence-electron chi connectivity index (χ3n) is 4.06. The van der Waals surface area contributed by atoms with Gasteiger partial charge in [0.25, 0.3) is 11.8 Å². The van der Waals surface area contributed by atoms with Crippen molar-refractivity contribution in [3.63, 3.8) is 0 Å². The van der Waals surface area contributed by atoms with Crippen molar-refractivity contribution in [2.75, 3.05) is 13.3 Å². The lowest BCUT2D eigenvalue weighted by Gasteiger charge is -2.14. The SMILES string of the molecule is C[C@H](OC(=O)CNC(=O)c1cccc(F)c1)C(=O)NCc1ccc2c(c1)OCO2. The van der Waals surface area contributed by atoms with E-state index in [0.717, 1.165) is 11.6 Å². The van der Waals surface area contributed by atoms with Crippen molar-refractivity contribution in [1.82, 2.24) is 10.6 Å². The van der Waals surface area contributed by atoms with Crippen LogP contribution in [0.1, 0.15) is 22.8 Å². The van der Waals surface area contributed by atoms with Gasteiger partial charge in [0.2, 0.25) is 6.79 Å². The number of esters is 1. The predicted octanol–water partition coefficient (Wildman–Crippen LogP) is 1.53. The molecule has 0 unspecified atom stereocenters. The van der Waals surface area contributed by atoms with Gasteiger partial charge in [-0.15, -0.1) is 0 Å². The van der Waals surface area contributed by atoms with E-state index in [2.05, 4.69) is 10.6 Å². The van der Waals surface area contributed by atoms with Crippen LogP contribution in [0.4, 0.5) is 4.39 Å². The van der Waals surface area contributed by atoms with Gasteiger partial charge in [0.1, 0.15) is 12.4 Å². The van der Waals surface area contributed by atoms with Crippen molar-refractivity contribution >= 4 is 17.8 Å². The first-order valence-corrected chi connectivity index (χ1v) is 8.82. The van der Waals surface area contributed by atoms with E-state index in [1.165, 1.54) is 25.1 Å². The van der Waals surface area contributed by atoms with Gasteiger partial charge in [-0.05, 0) is 42.8 Å². The molecule has 0 saturated carbocycles. The lowest BCUT2D eigenvalue weighted by Crippen LogP contribution is -2.38. The summed E-state index contributed by atoms with van der Waals surface area (Å²) in [6.45, 7) is 1.35. The molecule has 2 aromatic rings. The highest BCUT2D eigenvalue weighted by Gasteiger charge is 2.19. The number of benzene rings is 2. The molecule has 3 rings (SSSR count). The molecule has 8 nitrogen and oxygen atoms in total. The number of amides is 2. The molecule has 152 valence electrons. The molecule has 1 heterocycles. The van der Waals surface area contributed by atoms with Gasteiger partial charge in [-0.25, -0.2) is 4.39 Å². The summed E-state index contributed by atoms with van der Waals surface area (Å²) in [7, 11) is 0. The second-order valence-electron chi connectivity index (χ2n) is 6.23. The Bertz CT molecular complexity index is 933. The maximum absolute atomic E-state index is 13.1. The largest absolute Gasteiger partial charge is 0.454 e. The van der Waals surface area contributed by atoms with Gasteiger partial charge in [-0.3, -0.25) is 14.4 Å². The smallest absolute Gasteiger partial charge is 0.326 e. The minimum Gasteiger partial charge on any atom is -0.454 e. The maximum atomic E-state index is 13.1. The Labute approximate surface area is 165 Å². The second kappa shape index (κ2) is 9.05. The summed E-state index contributed by atoms with van der Waals surface area (Å²) in [5.74, 6) is -1.23. The van der Waals surface area contributed by atoms with Crippen LogP contribution in [0.2, 0.25) is 0 Å². The average Bonchev–Trinajstić information content (AvgIpc) is 3.18. The number of carbonyl (C=O) groups excluding carboxylic acids is 3. The molecule has 0 aromatic heterocycles. The van der Waals surface area contributed by atoms with Crippen molar-refractivity contribution in [2.45, 2.75) is 19.6 Å². The Morgan fingerprint density at radius 2 is 1.90 bits per heavy atom. The van der Waals surface area contributed by atoms with Crippen molar-refractivity contribution in [3.8, 4) is 11.5 Å². The van der Waals surface area contributed by atoms with Crippen LogP contribution in [-0.4, -0.2) is 37.2 Å². The normalized spacial score (nSPS) is 12.8. The number of rotatable bonds is 7. The fourth-order valence-corrected chi connectivity index (χ4v) is 2.56. The Balaban J connectivity index is 1.41. The molecule has 0 spiro atoms. The van der Waals surface area contributed by atoms with E-state index in [1.54, 1.807) is 18.2 Å². The summed E-state index contributed by atoms with van der Waals surface area (Å²) < 4.78 is 28.6. The summed E-state index contributed by atoms with van der Waals surface area (Å²) in [5, 5.41) is 4.97. The lowest BCUT2D eigenvalue weighted by molar-refractivity contribution is -0.153. The first kappa shape index (κ1) is 20.1. The fourth-order valence-electron chi connectivity index (χ4n) is 2.56. The average molecular weight is 402 g/mol. The van der Waals surface area contributed by atoms with E-state index in [1.807, 2.05) is 0 Å². The zero-order valence-corrected chi connectivity index (χ0v) is 15.6. The van der Waals surface area contributed by atoms with E-state index in [0.29, 0.717) is 11.5 Å². The van der Waals surface area contributed by atoms with Gasteiger partial charge < -0.3 is 24.8 Å². The molecule has 0 saturated heterocycles. The van der Waals surface area contributed by atoms with E-state index in [4.69, 9.17) is 14.2 Å². The van der Waals surface area contributed by atoms with Crippen molar-refractivity contribution < 1.29 is 33.0 Å². The van der Waals surface area contributed by atoms with E-state index in [9.17, 15) is 18.8 Å². The van der Waals surface area contributed by atoms with Gasteiger partial charge in [-0.1, -0.05) is 12.1 Å². The molecule has 2 aromatic carbocycles. The molecule has 0 fully saturated rings. The van der Waals surface area contributed by atoms with Crippen LogP contribution in [-0.2, 0) is 20.9 Å². The Hall–Kier alpha value is -3.62. The van der Waals surface area contributed by atoms with E-state index >= 15 is 0 Å². The van der Waals surface area contributed by atoms with Gasteiger partial charge in [-0.2, -0.15) is 0 Å². The molecule has 1 aliphatic rings. The van der Waals surface area contributed by atoms with Gasteiger partial charge >= 0.3 is 5.97 Å². The summed E-state index contributed by atoms with van der Waals surface area (Å²) in [4.78, 5) is 35.8. The summed E-state index contributed by atoms with van der Waals surface area (Å²) in [6.07, 6.45) is -1.05. The fraction of sp³-hybridized carbons (Fsp3) is 0.250. The Morgan fingerprint density at radius 3 is 2.69 bits per heavy atom. The monoisotopic (exact) mass is 402 g/mol. The van der Waals surface area contributed by atoms with Crippen LogP contribution in [0.25, 0.3) is 0 Å². The highest BCUT2D eigenvalue weighted by molar-refractivity contribution is 5.96. The number of hydrogen-bond acceptors (Lipinski definition) is 6. The maximum Gasteiger partial charge on any atom is 0.326 e. The van der Waals surface area contributed by atoms with Crippen LogP contribution >= 0.6 is 0 Å². The number of carbonyl (C=O) groups is 3. The minimum absolute atomic E-state index is 0.0762. The third-order valence-corrected chi connectivity index (χ3v) is 4.06. The first-order valence-electron chi connectivity index (χ1n) is 8.82. The summed E-state index contributed by atoms with van der Waals surface area (Å²) in [5.41, 5.74) is 0.871. The van der Waals surface area contributed by atoms with E-state index in [-0.39, 0.29) is 18.9 Å².